The predicted octanol–water partition coefficient (Wildman–Crippen LogP) is 5.64. The third-order valence-corrected chi connectivity index (χ3v) is 7.34. The summed E-state index contributed by atoms with van der Waals surface area (Å²) in [5, 5.41) is 15.7. The summed E-state index contributed by atoms with van der Waals surface area (Å²) in [5.41, 5.74) is 6.96. The number of nitrogens with two attached hydrogens (primary N) is 1. The summed E-state index contributed by atoms with van der Waals surface area (Å²) in [6, 6.07) is 5.22. The summed E-state index contributed by atoms with van der Waals surface area (Å²) in [6.45, 7) is 5.66. The SMILES string of the molecule is CC(C)(C)OC(=O)Nc1cc(OC(F)(F)F)ccc1C(=O)N1CCC(Nc2cc(C3CCC(O)CC3)cnc2N)CC1. The van der Waals surface area contributed by atoms with Crippen molar-refractivity contribution in [1.29, 1.82) is 0 Å². The Morgan fingerprint density at radius 2 is 1.69 bits per heavy atom. The van der Waals surface area contributed by atoms with E-state index >= 15 is 0 Å². The third-order valence-electron chi connectivity index (χ3n) is 7.34. The number of carbonyl (C=O) groups is 2. The number of halogens is 3. The molecule has 1 aliphatic carbocycles. The fourth-order valence-corrected chi connectivity index (χ4v) is 5.28. The summed E-state index contributed by atoms with van der Waals surface area (Å²) in [5.74, 6) is -0.323. The minimum atomic E-state index is -4.94. The number of hydrogen-bond donors (Lipinski definition) is 4. The molecule has 1 aromatic carbocycles. The van der Waals surface area contributed by atoms with Crippen LogP contribution in [0.3, 0.4) is 0 Å². The number of aliphatic hydroxyl groups is 1. The maximum atomic E-state index is 13.4. The van der Waals surface area contributed by atoms with Crippen molar-refractivity contribution in [2.24, 2.45) is 0 Å². The lowest BCUT2D eigenvalue weighted by atomic mass is 9.83. The molecule has 0 unspecified atom stereocenters. The molecule has 0 spiro atoms. The lowest BCUT2D eigenvalue weighted by Crippen LogP contribution is -2.42. The van der Waals surface area contributed by atoms with Gasteiger partial charge in [-0.1, -0.05) is 0 Å². The molecule has 10 nitrogen and oxygen atoms in total. The van der Waals surface area contributed by atoms with E-state index in [4.69, 9.17) is 10.5 Å². The van der Waals surface area contributed by atoms with Gasteiger partial charge in [-0.15, -0.1) is 13.2 Å². The first-order valence-corrected chi connectivity index (χ1v) is 14.1. The Hall–Kier alpha value is -3.74. The van der Waals surface area contributed by atoms with Gasteiger partial charge < -0.3 is 30.5 Å². The summed E-state index contributed by atoms with van der Waals surface area (Å²) in [7, 11) is 0. The second-order valence-corrected chi connectivity index (χ2v) is 11.8. The molecule has 1 saturated carbocycles. The van der Waals surface area contributed by atoms with Crippen LogP contribution in [-0.2, 0) is 4.74 Å². The van der Waals surface area contributed by atoms with Crippen molar-refractivity contribution >= 4 is 29.2 Å². The number of aromatic nitrogens is 1. The molecule has 0 radical (unpaired) electrons. The number of hydrogen-bond acceptors (Lipinski definition) is 8. The number of anilines is 3. The zero-order chi connectivity index (χ0) is 30.7. The Kier molecular flexibility index (Phi) is 9.39. The van der Waals surface area contributed by atoms with Crippen molar-refractivity contribution in [3.8, 4) is 5.75 Å². The van der Waals surface area contributed by atoms with Crippen molar-refractivity contribution < 1.29 is 37.3 Å². The van der Waals surface area contributed by atoms with Gasteiger partial charge in [0.2, 0.25) is 0 Å². The quantitative estimate of drug-likeness (QED) is 0.337. The first kappa shape index (κ1) is 31.2. The van der Waals surface area contributed by atoms with Crippen LogP contribution in [0, 0.1) is 0 Å². The Labute approximate surface area is 242 Å². The van der Waals surface area contributed by atoms with Gasteiger partial charge in [0.25, 0.3) is 5.91 Å². The normalized spacial score (nSPS) is 20.1. The van der Waals surface area contributed by atoms with E-state index < -0.39 is 29.7 Å². The number of carbonyl (C=O) groups excluding carboxylic acids is 2. The van der Waals surface area contributed by atoms with Crippen LogP contribution in [0.25, 0.3) is 0 Å². The van der Waals surface area contributed by atoms with Crippen molar-refractivity contribution in [3.05, 3.63) is 41.6 Å². The van der Waals surface area contributed by atoms with Crippen LogP contribution < -0.4 is 21.1 Å². The fourth-order valence-electron chi connectivity index (χ4n) is 5.28. The fraction of sp³-hybridized carbons (Fsp3) is 0.552. The molecule has 230 valence electrons. The molecule has 2 heterocycles. The summed E-state index contributed by atoms with van der Waals surface area (Å²) < 4.78 is 47.7. The van der Waals surface area contributed by atoms with E-state index in [1.165, 1.54) is 6.07 Å². The molecule has 2 amide bonds. The number of rotatable bonds is 6. The molecule has 2 aliphatic rings. The van der Waals surface area contributed by atoms with Gasteiger partial charge in [0.1, 0.15) is 17.2 Å². The van der Waals surface area contributed by atoms with E-state index in [1.54, 1.807) is 31.9 Å². The monoisotopic (exact) mass is 593 g/mol. The average Bonchev–Trinajstić information content (AvgIpc) is 2.89. The highest BCUT2D eigenvalue weighted by Gasteiger charge is 2.33. The van der Waals surface area contributed by atoms with E-state index in [0.717, 1.165) is 49.1 Å². The zero-order valence-electron chi connectivity index (χ0n) is 24.0. The molecule has 4 rings (SSSR count). The van der Waals surface area contributed by atoms with Gasteiger partial charge in [-0.3, -0.25) is 10.1 Å². The van der Waals surface area contributed by atoms with E-state index in [1.807, 2.05) is 6.07 Å². The van der Waals surface area contributed by atoms with Gasteiger partial charge in [-0.2, -0.15) is 0 Å². The van der Waals surface area contributed by atoms with Gasteiger partial charge >= 0.3 is 12.5 Å². The Morgan fingerprint density at radius 1 is 1.02 bits per heavy atom. The predicted molar refractivity (Wildman–Crippen MR) is 151 cm³/mol. The maximum Gasteiger partial charge on any atom is 0.573 e. The number of nitrogen functional groups attached to an aromatic ring is 1. The molecule has 13 heteroatoms. The van der Waals surface area contributed by atoms with Crippen molar-refractivity contribution in [1.82, 2.24) is 9.88 Å². The number of piperidine rings is 1. The second kappa shape index (κ2) is 12.6. The molecule has 0 atom stereocenters. The van der Waals surface area contributed by atoms with Crippen molar-refractivity contribution in [2.75, 3.05) is 29.5 Å². The summed E-state index contributed by atoms with van der Waals surface area (Å²) in [6.07, 6.45) is 0.171. The van der Waals surface area contributed by atoms with Crippen molar-refractivity contribution in [3.63, 3.8) is 0 Å². The number of pyridine rings is 1. The second-order valence-electron chi connectivity index (χ2n) is 11.8. The van der Waals surface area contributed by atoms with Crippen LogP contribution in [0.4, 0.5) is 35.2 Å². The number of amides is 2. The minimum Gasteiger partial charge on any atom is -0.444 e. The first-order chi connectivity index (χ1) is 19.7. The lowest BCUT2D eigenvalue weighted by molar-refractivity contribution is -0.274. The highest BCUT2D eigenvalue weighted by atomic mass is 19.4. The highest BCUT2D eigenvalue weighted by Crippen LogP contribution is 2.35. The molecular formula is C29H38F3N5O5. The molecule has 0 bridgehead atoms. The van der Waals surface area contributed by atoms with Gasteiger partial charge in [-0.25, -0.2) is 9.78 Å². The lowest BCUT2D eigenvalue weighted by Gasteiger charge is -2.33. The molecular weight excluding hydrogens is 555 g/mol. The van der Waals surface area contributed by atoms with Gasteiger partial charge in [0, 0.05) is 31.4 Å². The smallest absolute Gasteiger partial charge is 0.444 e. The van der Waals surface area contributed by atoms with Crippen LogP contribution in [0.1, 0.15) is 81.1 Å². The number of nitrogens with one attached hydrogen (secondary N) is 2. The van der Waals surface area contributed by atoms with Crippen LogP contribution in [0.2, 0.25) is 0 Å². The van der Waals surface area contributed by atoms with Gasteiger partial charge in [-0.05, 0) is 89.0 Å². The average molecular weight is 594 g/mol. The van der Waals surface area contributed by atoms with E-state index in [-0.39, 0.29) is 23.4 Å². The summed E-state index contributed by atoms with van der Waals surface area (Å²) >= 11 is 0. The molecule has 5 N–H and O–H groups in total. The molecule has 42 heavy (non-hydrogen) atoms. The minimum absolute atomic E-state index is 0.0144. The maximum absolute atomic E-state index is 13.4. The van der Waals surface area contributed by atoms with Gasteiger partial charge in [0.05, 0.1) is 23.0 Å². The standard InChI is InChI=1S/C29H38F3N5O5/c1-28(2,3)42-27(40)36-23-15-21(41-29(30,31)32)8-9-22(23)26(39)37-12-10-19(11-13-37)35-24-14-18(16-34-25(24)33)17-4-6-20(38)7-5-17/h8-9,14-17,19-20,35,38H,4-7,10-13H2,1-3H3,(H2,33,34)(H,36,40). The van der Waals surface area contributed by atoms with E-state index in [0.29, 0.717) is 37.7 Å². The topological polar surface area (TPSA) is 139 Å². The molecule has 2 fully saturated rings. The van der Waals surface area contributed by atoms with E-state index in [2.05, 4.69) is 20.4 Å². The highest BCUT2D eigenvalue weighted by molar-refractivity contribution is 6.03. The Balaban J connectivity index is 1.42. The zero-order valence-corrected chi connectivity index (χ0v) is 24.0. The molecule has 1 aliphatic heterocycles. The Bertz CT molecular complexity index is 1270. The first-order valence-electron chi connectivity index (χ1n) is 14.1. The van der Waals surface area contributed by atoms with Gasteiger partial charge in [0.15, 0.2) is 0 Å². The number of ether oxygens (including phenoxy) is 2. The number of aliphatic hydroxyl groups excluding tert-OH is 1. The van der Waals surface area contributed by atoms with Crippen LogP contribution in [0.15, 0.2) is 30.5 Å². The number of alkyl halides is 3. The third kappa shape index (κ3) is 8.63. The molecule has 1 aromatic heterocycles. The number of likely N-dealkylation sites (tertiary alicyclic amines) is 1. The number of nitrogens with zero attached hydrogens (tertiary/aromatic N) is 2. The Morgan fingerprint density at radius 3 is 2.31 bits per heavy atom. The number of benzene rings is 1. The van der Waals surface area contributed by atoms with Crippen LogP contribution >= 0.6 is 0 Å². The largest absolute Gasteiger partial charge is 0.573 e. The molecule has 1 saturated heterocycles. The van der Waals surface area contributed by atoms with E-state index in [9.17, 15) is 27.9 Å². The van der Waals surface area contributed by atoms with Crippen LogP contribution in [-0.4, -0.2) is 64.2 Å². The summed E-state index contributed by atoms with van der Waals surface area (Å²) in [4.78, 5) is 31.8. The van der Waals surface area contributed by atoms with Crippen LogP contribution in [0.5, 0.6) is 5.75 Å². The van der Waals surface area contributed by atoms with Crippen molar-refractivity contribution in [2.45, 2.75) is 89.3 Å². The molecule has 2 aromatic rings.